The van der Waals surface area contributed by atoms with Gasteiger partial charge in [0.15, 0.2) is 5.13 Å². The molecule has 4 N–H and O–H groups in total. The number of carbonyl (C=O) groups excluding carboxylic acids is 2. The highest BCUT2D eigenvalue weighted by Crippen LogP contribution is 2.41. The van der Waals surface area contributed by atoms with E-state index in [1.54, 1.807) is 4.68 Å². The number of thioether (sulfide) groups is 2. The predicted octanol–water partition coefficient (Wildman–Crippen LogP) is -1.45. The summed E-state index contributed by atoms with van der Waals surface area (Å²) in [4.78, 5) is 49.8. The lowest BCUT2D eigenvalue weighted by Crippen LogP contribution is -2.71. The average molecular weight is 570 g/mol. The predicted molar refractivity (Wildman–Crippen MR) is 135 cm³/mol. The van der Waals surface area contributed by atoms with Crippen molar-refractivity contribution in [3.8, 4) is 0 Å². The second-order valence-electron chi connectivity index (χ2n) is 7.97. The molecule has 1 saturated heterocycles. The highest BCUT2D eigenvalue weighted by Gasteiger charge is 2.54. The highest BCUT2D eigenvalue weighted by molar-refractivity contribution is 8.01. The molecule has 0 unspecified atom stereocenters. The van der Waals surface area contributed by atoms with Crippen LogP contribution < -0.4 is 11.1 Å². The maximum atomic E-state index is 13.0. The van der Waals surface area contributed by atoms with E-state index in [2.05, 4.69) is 35.4 Å². The van der Waals surface area contributed by atoms with E-state index in [1.807, 2.05) is 19.0 Å². The van der Waals surface area contributed by atoms with E-state index in [-0.39, 0.29) is 28.1 Å². The molecule has 19 heteroatoms. The maximum absolute atomic E-state index is 13.0. The molecule has 0 bridgehead atoms. The summed E-state index contributed by atoms with van der Waals surface area (Å²) < 4.78 is 5.60. The van der Waals surface area contributed by atoms with Crippen molar-refractivity contribution in [2.75, 3.05) is 45.0 Å². The molecule has 0 aromatic carbocycles. The number of anilines is 1. The SMILES string of the molecule is CO/N=C(\C(=O)N[C@@H]1C(=O)N2C(C(=O)O)=C(CSc3nnnn3CCN(C)C)CS[C@H]12)c1nsc(N)n1. The lowest BCUT2D eigenvalue weighted by atomic mass is 10.0. The smallest absolute Gasteiger partial charge is 0.352 e. The van der Waals surface area contributed by atoms with Crippen LogP contribution in [0.25, 0.3) is 0 Å². The summed E-state index contributed by atoms with van der Waals surface area (Å²) >= 11 is 3.52. The minimum absolute atomic E-state index is 0.0415. The first-order chi connectivity index (χ1) is 17.7. The van der Waals surface area contributed by atoms with Gasteiger partial charge < -0.3 is 25.9 Å². The number of hydrogen-bond acceptors (Lipinski definition) is 15. The number of rotatable bonds is 11. The zero-order chi connectivity index (χ0) is 26.7. The number of likely N-dealkylation sites (N-methyl/N-ethyl adjacent to an activating group) is 1. The van der Waals surface area contributed by atoms with Gasteiger partial charge in [-0.05, 0) is 30.1 Å². The maximum Gasteiger partial charge on any atom is 0.352 e. The molecule has 198 valence electrons. The Morgan fingerprint density at radius 2 is 2.19 bits per heavy atom. The summed E-state index contributed by atoms with van der Waals surface area (Å²) in [7, 11) is 5.13. The van der Waals surface area contributed by atoms with Crippen molar-refractivity contribution in [1.29, 1.82) is 0 Å². The number of oxime groups is 1. The fraction of sp³-hybridized carbons (Fsp3) is 0.500. The number of tetrazole rings is 1. The van der Waals surface area contributed by atoms with Crippen LogP contribution >= 0.6 is 35.1 Å². The van der Waals surface area contributed by atoms with E-state index in [4.69, 9.17) is 10.6 Å². The van der Waals surface area contributed by atoms with Crippen molar-refractivity contribution in [1.82, 2.24) is 44.7 Å². The Bertz CT molecular complexity index is 1260. The largest absolute Gasteiger partial charge is 0.477 e. The van der Waals surface area contributed by atoms with E-state index in [0.29, 0.717) is 23.0 Å². The van der Waals surface area contributed by atoms with Gasteiger partial charge in [-0.15, -0.1) is 16.9 Å². The van der Waals surface area contributed by atoms with E-state index in [0.717, 1.165) is 18.1 Å². The summed E-state index contributed by atoms with van der Waals surface area (Å²) in [6.45, 7) is 1.31. The zero-order valence-electron chi connectivity index (χ0n) is 19.9. The first-order valence-corrected chi connectivity index (χ1v) is 13.5. The molecule has 1 fully saturated rings. The number of carboxylic acids is 1. The van der Waals surface area contributed by atoms with Gasteiger partial charge in [0.25, 0.3) is 11.8 Å². The number of aromatic nitrogens is 6. The molecule has 2 atom stereocenters. The van der Waals surface area contributed by atoms with Gasteiger partial charge in [-0.25, -0.2) is 9.48 Å². The number of hydrogen-bond donors (Lipinski definition) is 3. The topological polar surface area (TPSA) is 207 Å². The molecule has 2 aromatic heterocycles. The van der Waals surface area contributed by atoms with Crippen LogP contribution in [0.5, 0.6) is 0 Å². The Labute approximate surface area is 222 Å². The Morgan fingerprint density at radius 3 is 2.84 bits per heavy atom. The number of nitrogens with two attached hydrogens (primary N) is 1. The van der Waals surface area contributed by atoms with Gasteiger partial charge in [-0.1, -0.05) is 16.9 Å². The van der Waals surface area contributed by atoms with Crippen molar-refractivity contribution >= 4 is 63.7 Å². The fourth-order valence-corrected chi connectivity index (χ4v) is 6.32. The second-order valence-corrected chi connectivity index (χ2v) is 10.8. The van der Waals surface area contributed by atoms with Gasteiger partial charge in [-0.2, -0.15) is 9.36 Å². The molecule has 2 amide bonds. The van der Waals surface area contributed by atoms with Crippen molar-refractivity contribution in [2.45, 2.75) is 23.1 Å². The summed E-state index contributed by atoms with van der Waals surface area (Å²) in [5.41, 5.74) is 5.80. The van der Waals surface area contributed by atoms with Crippen molar-refractivity contribution in [3.63, 3.8) is 0 Å². The number of amides is 2. The van der Waals surface area contributed by atoms with Gasteiger partial charge in [0.2, 0.25) is 16.7 Å². The molecule has 0 saturated carbocycles. The molecule has 2 aliphatic rings. The number of nitrogens with one attached hydrogen (secondary N) is 1. The van der Waals surface area contributed by atoms with Crippen molar-refractivity contribution in [3.05, 3.63) is 17.1 Å². The molecule has 0 spiro atoms. The minimum Gasteiger partial charge on any atom is -0.477 e. The van der Waals surface area contributed by atoms with E-state index in [9.17, 15) is 19.5 Å². The van der Waals surface area contributed by atoms with Gasteiger partial charge in [0.1, 0.15) is 24.2 Å². The molecule has 16 nitrogen and oxygen atoms in total. The molecule has 2 aromatic rings. The van der Waals surface area contributed by atoms with Crippen LogP contribution in [0.4, 0.5) is 5.13 Å². The molecule has 0 aliphatic carbocycles. The monoisotopic (exact) mass is 569 g/mol. The second kappa shape index (κ2) is 11.4. The van der Waals surface area contributed by atoms with Gasteiger partial charge in [-0.3, -0.25) is 14.5 Å². The summed E-state index contributed by atoms with van der Waals surface area (Å²) in [5, 5.41) is 27.9. The van der Waals surface area contributed by atoms with Crippen molar-refractivity contribution in [2.24, 2.45) is 5.16 Å². The summed E-state index contributed by atoms with van der Waals surface area (Å²) in [5.74, 6) is -1.94. The molecule has 0 radical (unpaired) electrons. The Kier molecular flexibility index (Phi) is 8.25. The number of β-lactam (4-membered cyclic amide) rings is 1. The van der Waals surface area contributed by atoms with E-state index < -0.39 is 29.2 Å². The Hall–Kier alpha value is -3.29. The van der Waals surface area contributed by atoms with Crippen LogP contribution in [-0.2, 0) is 25.8 Å². The van der Waals surface area contributed by atoms with Crippen molar-refractivity contribution < 1.29 is 24.3 Å². The molecule has 4 heterocycles. The van der Waals surface area contributed by atoms with Crippen LogP contribution in [0, 0.1) is 0 Å². The number of nitrogen functional groups attached to an aromatic ring is 1. The standard InChI is InChI=1S/C18H23N11O5S3/c1-27(2)4-5-28-18(22-25-26-28)36-7-8-6-35-15-10(14(31)29(15)11(8)16(32)33)20-13(30)9(23-34-3)12-21-17(19)37-24-12/h10,15H,4-7H2,1-3H3,(H,20,30)(H,32,33)(H2,19,21,24)/b23-9-/t10-,15-/m1/s1. The molecule has 37 heavy (non-hydrogen) atoms. The van der Waals surface area contributed by atoms with Gasteiger partial charge in [0.05, 0.1) is 6.54 Å². The quantitative estimate of drug-likeness (QED) is 0.122. The number of carbonyl (C=O) groups is 3. The first-order valence-electron chi connectivity index (χ1n) is 10.7. The van der Waals surface area contributed by atoms with E-state index >= 15 is 0 Å². The lowest BCUT2D eigenvalue weighted by Gasteiger charge is -2.49. The normalized spacial score (nSPS) is 19.6. The number of fused-ring (bicyclic) bond motifs is 1. The molecule has 4 rings (SSSR count). The summed E-state index contributed by atoms with van der Waals surface area (Å²) in [6.07, 6.45) is 0. The lowest BCUT2D eigenvalue weighted by molar-refractivity contribution is -0.150. The molecular formula is C18H23N11O5S3. The first kappa shape index (κ1) is 26.8. The van der Waals surface area contributed by atoms with Crippen LogP contribution in [0.15, 0.2) is 21.6 Å². The third-order valence-corrected chi connectivity index (χ3v) is 8.15. The van der Waals surface area contributed by atoms with Gasteiger partial charge >= 0.3 is 5.97 Å². The van der Waals surface area contributed by atoms with Crippen LogP contribution in [-0.4, -0.2) is 119 Å². The van der Waals surface area contributed by atoms with Crippen LogP contribution in [0.3, 0.4) is 0 Å². The number of aliphatic carboxylic acids is 1. The number of carboxylic acid groups (broad SMARTS) is 1. The molecule has 2 aliphatic heterocycles. The zero-order valence-corrected chi connectivity index (χ0v) is 22.3. The third-order valence-electron chi connectivity index (χ3n) is 5.22. The molecular weight excluding hydrogens is 546 g/mol. The van der Waals surface area contributed by atoms with Crippen LogP contribution in [0.1, 0.15) is 5.82 Å². The minimum atomic E-state index is -1.23. The van der Waals surface area contributed by atoms with Gasteiger partial charge in [0, 0.05) is 29.6 Å². The number of nitrogens with zero attached hydrogens (tertiary/aromatic N) is 9. The van der Waals surface area contributed by atoms with E-state index in [1.165, 1.54) is 35.5 Å². The Balaban J connectivity index is 1.46. The third kappa shape index (κ3) is 5.68. The highest BCUT2D eigenvalue weighted by atomic mass is 32.2. The summed E-state index contributed by atoms with van der Waals surface area (Å²) in [6, 6.07) is -0.961. The Morgan fingerprint density at radius 1 is 1.41 bits per heavy atom. The average Bonchev–Trinajstić information content (AvgIpc) is 3.50. The van der Waals surface area contributed by atoms with Crippen LogP contribution in [0.2, 0.25) is 0 Å². The fourth-order valence-electron chi connectivity index (χ4n) is 3.50.